The van der Waals surface area contributed by atoms with Crippen LogP contribution in [-0.4, -0.2) is 19.1 Å². The molecule has 7 aromatic carbocycles. The fourth-order valence-corrected chi connectivity index (χ4v) is 7.55. The summed E-state index contributed by atoms with van der Waals surface area (Å²) in [4.78, 5) is 10.5. The minimum absolute atomic E-state index is 0.676. The SMILES string of the molecule is Cn1c2ccccc2c2ccc3c4ccc5c6ccccc6n(-c6nc(-c7ccccc7)c7ccccc7n6)c5c4ccc3c21. The number of rotatable bonds is 2. The van der Waals surface area contributed by atoms with E-state index in [2.05, 4.69) is 150 Å². The number of hydrogen-bond acceptors (Lipinski definition) is 2. The molecule has 0 N–H and O–H groups in total. The molecular weight excluding hydrogens is 548 g/mol. The summed E-state index contributed by atoms with van der Waals surface area (Å²) in [5, 5.41) is 10.9. The van der Waals surface area contributed by atoms with Gasteiger partial charge in [-0.2, -0.15) is 0 Å². The van der Waals surface area contributed by atoms with Crippen LogP contribution in [0, 0.1) is 0 Å². The first-order valence-electron chi connectivity index (χ1n) is 15.3. The smallest absolute Gasteiger partial charge is 0.235 e. The van der Waals surface area contributed by atoms with Crippen LogP contribution in [0.4, 0.5) is 0 Å². The fourth-order valence-electron chi connectivity index (χ4n) is 7.55. The second-order valence-electron chi connectivity index (χ2n) is 11.9. The lowest BCUT2D eigenvalue weighted by Gasteiger charge is -2.13. The summed E-state index contributed by atoms with van der Waals surface area (Å²) >= 11 is 0. The summed E-state index contributed by atoms with van der Waals surface area (Å²) in [5.41, 5.74) is 7.68. The van der Waals surface area contributed by atoms with Crippen LogP contribution in [0.25, 0.3) is 93.3 Å². The minimum atomic E-state index is 0.676. The van der Waals surface area contributed by atoms with Gasteiger partial charge in [0.15, 0.2) is 0 Å². The molecule has 0 atom stereocenters. The van der Waals surface area contributed by atoms with Gasteiger partial charge in [0.2, 0.25) is 5.95 Å². The van der Waals surface area contributed by atoms with Crippen molar-refractivity contribution in [2.24, 2.45) is 7.05 Å². The van der Waals surface area contributed by atoms with Crippen LogP contribution < -0.4 is 0 Å². The molecule has 0 saturated heterocycles. The molecule has 0 saturated carbocycles. The van der Waals surface area contributed by atoms with Gasteiger partial charge in [0, 0.05) is 55.8 Å². The molecular formula is C41H26N4. The quantitative estimate of drug-likeness (QED) is 0.193. The number of aryl methyl sites for hydroxylation is 1. The zero-order valence-corrected chi connectivity index (χ0v) is 24.6. The van der Waals surface area contributed by atoms with E-state index in [-0.39, 0.29) is 0 Å². The summed E-state index contributed by atoms with van der Waals surface area (Å²) in [7, 11) is 2.18. The zero-order valence-electron chi connectivity index (χ0n) is 24.6. The lowest BCUT2D eigenvalue weighted by molar-refractivity contribution is 1.02. The lowest BCUT2D eigenvalue weighted by Crippen LogP contribution is -2.03. The van der Waals surface area contributed by atoms with Gasteiger partial charge in [-0.05, 0) is 29.0 Å². The number of fused-ring (bicyclic) bond motifs is 12. The first-order valence-corrected chi connectivity index (χ1v) is 15.3. The summed E-state index contributed by atoms with van der Waals surface area (Å²) in [6.45, 7) is 0. The molecule has 0 spiro atoms. The molecule has 0 fully saturated rings. The number of benzene rings is 7. The molecule has 0 radical (unpaired) electrons. The number of aromatic nitrogens is 4. The molecule has 10 rings (SSSR count). The van der Waals surface area contributed by atoms with Crippen molar-refractivity contribution in [2.45, 2.75) is 0 Å². The topological polar surface area (TPSA) is 35.6 Å². The van der Waals surface area contributed by atoms with Gasteiger partial charge in [0.1, 0.15) is 0 Å². The Bertz CT molecular complexity index is 2820. The Morgan fingerprint density at radius 1 is 0.400 bits per heavy atom. The van der Waals surface area contributed by atoms with E-state index in [4.69, 9.17) is 9.97 Å². The maximum Gasteiger partial charge on any atom is 0.235 e. The first kappa shape index (κ1) is 24.4. The Kier molecular flexibility index (Phi) is 4.89. The van der Waals surface area contributed by atoms with Gasteiger partial charge in [-0.1, -0.05) is 121 Å². The highest BCUT2D eigenvalue weighted by Crippen LogP contribution is 2.41. The highest BCUT2D eigenvalue weighted by molar-refractivity contribution is 6.27. The molecule has 0 amide bonds. The third kappa shape index (κ3) is 3.31. The summed E-state index contributed by atoms with van der Waals surface area (Å²) in [5.74, 6) is 0.676. The highest BCUT2D eigenvalue weighted by atomic mass is 15.2. The molecule has 45 heavy (non-hydrogen) atoms. The molecule has 4 heteroatoms. The number of para-hydroxylation sites is 3. The van der Waals surface area contributed by atoms with Crippen LogP contribution in [0.1, 0.15) is 0 Å². The van der Waals surface area contributed by atoms with Gasteiger partial charge >= 0.3 is 0 Å². The lowest BCUT2D eigenvalue weighted by atomic mass is 9.97. The van der Waals surface area contributed by atoms with Crippen LogP contribution in [-0.2, 0) is 7.05 Å². The summed E-state index contributed by atoms with van der Waals surface area (Å²) < 4.78 is 4.61. The average Bonchev–Trinajstić information content (AvgIpc) is 3.60. The van der Waals surface area contributed by atoms with Crippen molar-refractivity contribution < 1.29 is 0 Å². The van der Waals surface area contributed by atoms with E-state index in [0.29, 0.717) is 5.95 Å². The maximum atomic E-state index is 5.31. The van der Waals surface area contributed by atoms with E-state index in [1.807, 2.05) is 6.07 Å². The predicted molar refractivity (Wildman–Crippen MR) is 188 cm³/mol. The van der Waals surface area contributed by atoms with Crippen molar-refractivity contribution in [3.63, 3.8) is 0 Å². The van der Waals surface area contributed by atoms with E-state index in [9.17, 15) is 0 Å². The van der Waals surface area contributed by atoms with Crippen molar-refractivity contribution in [3.05, 3.63) is 140 Å². The normalized spacial score (nSPS) is 12.1. The maximum absolute atomic E-state index is 5.31. The van der Waals surface area contributed by atoms with Crippen LogP contribution in [0.15, 0.2) is 140 Å². The largest absolute Gasteiger partial charge is 0.343 e. The monoisotopic (exact) mass is 574 g/mol. The van der Waals surface area contributed by atoms with Gasteiger partial charge in [0.05, 0.1) is 27.8 Å². The molecule has 0 unspecified atom stereocenters. The van der Waals surface area contributed by atoms with Crippen LogP contribution in [0.2, 0.25) is 0 Å². The molecule has 4 nitrogen and oxygen atoms in total. The van der Waals surface area contributed by atoms with E-state index < -0.39 is 0 Å². The van der Waals surface area contributed by atoms with Gasteiger partial charge in [-0.15, -0.1) is 0 Å². The van der Waals surface area contributed by atoms with Crippen molar-refractivity contribution in [3.8, 4) is 17.2 Å². The van der Waals surface area contributed by atoms with Gasteiger partial charge in [-0.25, -0.2) is 9.97 Å². The Balaban J connectivity index is 1.35. The molecule has 0 bridgehead atoms. The highest BCUT2D eigenvalue weighted by Gasteiger charge is 2.20. The van der Waals surface area contributed by atoms with Crippen molar-refractivity contribution >= 4 is 76.1 Å². The molecule has 0 aliphatic heterocycles. The standard InChI is InChI=1S/C41H26N4/c1-44-36-17-9-6-13-28(36)32-21-19-26-27-20-22-33-29-14-7-10-18-37(29)45(40(33)31(27)24-23-30(26)39(32)44)41-42-35-16-8-5-15-34(35)38(43-41)25-11-3-2-4-12-25/h2-24H,1H3. The Morgan fingerprint density at radius 3 is 1.64 bits per heavy atom. The van der Waals surface area contributed by atoms with Crippen molar-refractivity contribution in [2.75, 3.05) is 0 Å². The Morgan fingerprint density at radius 2 is 0.911 bits per heavy atom. The van der Waals surface area contributed by atoms with Crippen molar-refractivity contribution in [1.29, 1.82) is 0 Å². The van der Waals surface area contributed by atoms with E-state index >= 15 is 0 Å². The predicted octanol–water partition coefficient (Wildman–Crippen LogP) is 10.3. The molecule has 3 heterocycles. The Hall–Kier alpha value is -6.00. The van der Waals surface area contributed by atoms with E-state index in [1.165, 1.54) is 54.1 Å². The van der Waals surface area contributed by atoms with E-state index in [1.54, 1.807) is 0 Å². The molecule has 0 aliphatic rings. The van der Waals surface area contributed by atoms with Gasteiger partial charge in [-0.3, -0.25) is 4.57 Å². The third-order valence-electron chi connectivity index (χ3n) is 9.53. The second kappa shape index (κ2) is 9.01. The Labute approximate surface area is 258 Å². The average molecular weight is 575 g/mol. The molecule has 0 aliphatic carbocycles. The second-order valence-corrected chi connectivity index (χ2v) is 11.9. The number of nitrogens with zero attached hydrogens (tertiary/aromatic N) is 4. The summed E-state index contributed by atoms with van der Waals surface area (Å²) in [6, 6.07) is 49.8. The van der Waals surface area contributed by atoms with Crippen LogP contribution >= 0.6 is 0 Å². The van der Waals surface area contributed by atoms with Crippen molar-refractivity contribution in [1.82, 2.24) is 19.1 Å². The molecule has 210 valence electrons. The van der Waals surface area contributed by atoms with Crippen LogP contribution in [0.3, 0.4) is 0 Å². The first-order chi connectivity index (χ1) is 22.3. The van der Waals surface area contributed by atoms with Gasteiger partial charge in [0.25, 0.3) is 0 Å². The molecule has 10 aromatic rings. The minimum Gasteiger partial charge on any atom is -0.343 e. The summed E-state index contributed by atoms with van der Waals surface area (Å²) in [6.07, 6.45) is 0. The fraction of sp³-hybridized carbons (Fsp3) is 0.0244. The number of hydrogen-bond donors (Lipinski definition) is 0. The zero-order chi connectivity index (χ0) is 29.6. The molecule has 3 aromatic heterocycles. The van der Waals surface area contributed by atoms with E-state index in [0.717, 1.165) is 33.2 Å². The van der Waals surface area contributed by atoms with Gasteiger partial charge < -0.3 is 4.57 Å². The third-order valence-corrected chi connectivity index (χ3v) is 9.53. The van der Waals surface area contributed by atoms with Crippen LogP contribution in [0.5, 0.6) is 0 Å².